The Balaban J connectivity index is 2.29. The van der Waals surface area contributed by atoms with Gasteiger partial charge in [0.1, 0.15) is 6.04 Å². The molecule has 0 aromatic heterocycles. The van der Waals surface area contributed by atoms with Crippen LogP contribution in [-0.4, -0.2) is 67.9 Å². The van der Waals surface area contributed by atoms with Crippen molar-refractivity contribution in [3.8, 4) is 0 Å². The molecule has 120 valence electrons. The van der Waals surface area contributed by atoms with E-state index in [1.165, 1.54) is 24.8 Å². The van der Waals surface area contributed by atoms with Crippen LogP contribution in [0.5, 0.6) is 0 Å². The predicted octanol–water partition coefficient (Wildman–Crippen LogP) is 0.0707. The Morgan fingerprint density at radius 1 is 1.38 bits per heavy atom. The fraction of sp³-hybridized carbons (Fsp3) is 0.769. The monoisotopic (exact) mass is 302 g/mol. The third kappa shape index (κ3) is 6.94. The lowest BCUT2D eigenvalue weighted by atomic mass is 10.2. The first-order valence-corrected chi connectivity index (χ1v) is 6.83. The van der Waals surface area contributed by atoms with Crippen LogP contribution in [0.4, 0.5) is 4.79 Å². The van der Waals surface area contributed by atoms with Gasteiger partial charge >= 0.3 is 18.0 Å². The molecule has 1 atom stereocenters. The number of urea groups is 1. The number of amides is 2. The highest BCUT2D eigenvalue weighted by Crippen LogP contribution is 2.28. The number of hydrogen-bond acceptors (Lipinski definition) is 5. The molecule has 0 unspecified atom stereocenters. The summed E-state index contributed by atoms with van der Waals surface area (Å²) in [4.78, 5) is 35.2. The number of nitrogens with zero attached hydrogens (tertiary/aromatic N) is 1. The van der Waals surface area contributed by atoms with E-state index >= 15 is 0 Å². The smallest absolute Gasteiger partial charge is 0.326 e. The summed E-state index contributed by atoms with van der Waals surface area (Å²) in [6.07, 6.45) is 1.98. The molecule has 8 heteroatoms. The van der Waals surface area contributed by atoms with Crippen LogP contribution in [0.3, 0.4) is 0 Å². The second-order valence-electron chi connectivity index (χ2n) is 5.06. The Kier molecular flexibility index (Phi) is 6.93. The number of carboxylic acids is 1. The van der Waals surface area contributed by atoms with Crippen LogP contribution in [0.2, 0.25) is 0 Å². The average molecular weight is 302 g/mol. The van der Waals surface area contributed by atoms with Crippen molar-refractivity contribution in [1.82, 2.24) is 10.2 Å². The van der Waals surface area contributed by atoms with Crippen molar-refractivity contribution in [1.29, 1.82) is 0 Å². The lowest BCUT2D eigenvalue weighted by Gasteiger charge is -2.20. The number of hydrogen-bond donors (Lipinski definition) is 2. The number of rotatable bonds is 9. The summed E-state index contributed by atoms with van der Waals surface area (Å²) in [5.74, 6) is -1.33. The maximum Gasteiger partial charge on any atom is 0.326 e. The van der Waals surface area contributed by atoms with Crippen LogP contribution < -0.4 is 5.32 Å². The molecule has 2 N–H and O–H groups in total. The molecule has 0 aliphatic heterocycles. The van der Waals surface area contributed by atoms with Crippen LogP contribution in [0.15, 0.2) is 0 Å². The van der Waals surface area contributed by atoms with Gasteiger partial charge in [0.25, 0.3) is 0 Å². The van der Waals surface area contributed by atoms with Gasteiger partial charge in [-0.3, -0.25) is 4.79 Å². The number of carbonyl (C=O) groups is 3. The number of aliphatic carboxylic acids is 1. The van der Waals surface area contributed by atoms with Crippen molar-refractivity contribution in [2.45, 2.75) is 25.3 Å². The number of nitrogens with one attached hydrogen (secondary N) is 1. The second kappa shape index (κ2) is 8.46. The van der Waals surface area contributed by atoms with Crippen LogP contribution in [0, 0.1) is 5.92 Å². The number of methoxy groups -OCH3 is 1. The third-order valence-electron chi connectivity index (χ3n) is 3.16. The zero-order chi connectivity index (χ0) is 15.8. The van der Waals surface area contributed by atoms with Gasteiger partial charge in [0, 0.05) is 20.2 Å². The van der Waals surface area contributed by atoms with Crippen LogP contribution in [0.1, 0.15) is 19.3 Å². The fourth-order valence-corrected chi connectivity index (χ4v) is 1.55. The first-order valence-electron chi connectivity index (χ1n) is 6.83. The predicted molar refractivity (Wildman–Crippen MR) is 72.8 cm³/mol. The molecule has 0 aromatic rings. The summed E-state index contributed by atoms with van der Waals surface area (Å²) >= 11 is 0. The highest BCUT2D eigenvalue weighted by atomic mass is 16.5. The zero-order valence-electron chi connectivity index (χ0n) is 12.3. The number of ether oxygens (including phenoxy) is 2. The second-order valence-corrected chi connectivity index (χ2v) is 5.06. The van der Waals surface area contributed by atoms with E-state index in [0.717, 1.165) is 7.11 Å². The molecule has 0 saturated heterocycles. The molecule has 0 radical (unpaired) electrons. The van der Waals surface area contributed by atoms with Crippen molar-refractivity contribution in [3.63, 3.8) is 0 Å². The molecule has 0 bridgehead atoms. The maximum absolute atomic E-state index is 11.8. The molecule has 8 nitrogen and oxygen atoms in total. The summed E-state index contributed by atoms with van der Waals surface area (Å²) in [5, 5.41) is 11.2. The topological polar surface area (TPSA) is 105 Å². The van der Waals surface area contributed by atoms with Crippen molar-refractivity contribution in [2.75, 3.05) is 33.9 Å². The van der Waals surface area contributed by atoms with Crippen molar-refractivity contribution in [3.05, 3.63) is 0 Å². The highest BCUT2D eigenvalue weighted by Gasteiger charge is 2.25. The van der Waals surface area contributed by atoms with Gasteiger partial charge in [0.05, 0.1) is 20.1 Å². The van der Waals surface area contributed by atoms with E-state index in [1.807, 2.05) is 0 Å². The minimum Gasteiger partial charge on any atom is -0.480 e. The minimum atomic E-state index is -1.31. The molecule has 1 saturated carbocycles. The van der Waals surface area contributed by atoms with Gasteiger partial charge in [-0.15, -0.1) is 0 Å². The van der Waals surface area contributed by atoms with Gasteiger partial charge in [-0.1, -0.05) is 0 Å². The van der Waals surface area contributed by atoms with Crippen molar-refractivity contribution >= 4 is 18.0 Å². The summed E-state index contributed by atoms with van der Waals surface area (Å²) in [6, 6.07) is -1.87. The summed E-state index contributed by atoms with van der Waals surface area (Å²) < 4.78 is 9.79. The van der Waals surface area contributed by atoms with Crippen LogP contribution in [0.25, 0.3) is 0 Å². The normalized spacial score (nSPS) is 15.1. The first kappa shape index (κ1) is 17.2. The Morgan fingerprint density at radius 3 is 2.57 bits per heavy atom. The third-order valence-corrected chi connectivity index (χ3v) is 3.16. The molecule has 1 fully saturated rings. The summed E-state index contributed by atoms with van der Waals surface area (Å²) in [6.45, 7) is 1.45. The highest BCUT2D eigenvalue weighted by molar-refractivity contribution is 5.86. The van der Waals surface area contributed by atoms with E-state index < -0.39 is 30.4 Å². The van der Waals surface area contributed by atoms with Crippen molar-refractivity contribution in [2.24, 2.45) is 5.92 Å². The Hall–Kier alpha value is -1.83. The number of esters is 1. The average Bonchev–Trinajstić information content (AvgIpc) is 3.26. The quantitative estimate of drug-likeness (QED) is 0.461. The molecular weight excluding hydrogens is 280 g/mol. The Bertz CT molecular complexity index is 383. The summed E-state index contributed by atoms with van der Waals surface area (Å²) in [5.41, 5.74) is 0. The number of carbonyl (C=O) groups excluding carboxylic acids is 2. The zero-order valence-corrected chi connectivity index (χ0v) is 12.3. The van der Waals surface area contributed by atoms with Gasteiger partial charge in [-0.05, 0) is 18.8 Å². The first-order chi connectivity index (χ1) is 9.93. The maximum atomic E-state index is 11.8. The standard InChI is InChI=1S/C13H22N2O6/c1-15(5-6-21-8-9-3-4-9)13(19)14-10(12(17)18)7-11(16)20-2/h9-10H,3-8H2,1-2H3,(H,14,19)(H,17,18)/t10-/m0/s1. The van der Waals surface area contributed by atoms with Gasteiger partial charge in [0.15, 0.2) is 0 Å². The van der Waals surface area contributed by atoms with E-state index in [2.05, 4.69) is 10.1 Å². The summed E-state index contributed by atoms with van der Waals surface area (Å²) in [7, 11) is 2.69. The number of likely N-dealkylation sites (N-methyl/N-ethyl adjacent to an activating group) is 1. The largest absolute Gasteiger partial charge is 0.480 e. The van der Waals surface area contributed by atoms with Crippen LogP contribution >= 0.6 is 0 Å². The van der Waals surface area contributed by atoms with Gasteiger partial charge in [-0.2, -0.15) is 0 Å². The van der Waals surface area contributed by atoms with Crippen molar-refractivity contribution < 1.29 is 29.0 Å². The van der Waals surface area contributed by atoms with E-state index in [-0.39, 0.29) is 0 Å². The Morgan fingerprint density at radius 2 is 2.05 bits per heavy atom. The SMILES string of the molecule is COC(=O)C[C@H](NC(=O)N(C)CCOCC1CC1)C(=O)O. The molecule has 0 heterocycles. The molecule has 1 aliphatic rings. The molecule has 0 spiro atoms. The molecule has 21 heavy (non-hydrogen) atoms. The van der Waals surface area contributed by atoms with Gasteiger partial charge < -0.3 is 24.8 Å². The van der Waals surface area contributed by atoms with E-state index in [0.29, 0.717) is 25.7 Å². The van der Waals surface area contributed by atoms with E-state index in [4.69, 9.17) is 9.84 Å². The van der Waals surface area contributed by atoms with E-state index in [9.17, 15) is 14.4 Å². The molecule has 1 rings (SSSR count). The molecular formula is C13H22N2O6. The van der Waals surface area contributed by atoms with E-state index in [1.54, 1.807) is 0 Å². The van der Waals surface area contributed by atoms with Gasteiger partial charge in [-0.25, -0.2) is 9.59 Å². The molecule has 0 aromatic carbocycles. The Labute approximate surface area is 123 Å². The lowest BCUT2D eigenvalue weighted by Crippen LogP contribution is -2.48. The minimum absolute atomic E-state index is 0.350. The lowest BCUT2D eigenvalue weighted by molar-refractivity contribution is -0.147. The van der Waals surface area contributed by atoms with Gasteiger partial charge in [0.2, 0.25) is 0 Å². The fourth-order valence-electron chi connectivity index (χ4n) is 1.55. The molecule has 1 aliphatic carbocycles. The van der Waals surface area contributed by atoms with Crippen LogP contribution in [-0.2, 0) is 19.1 Å². The molecule has 2 amide bonds. The number of carboxylic acid groups (broad SMARTS) is 1.